The Balaban J connectivity index is 1.63. The Kier molecular flexibility index (Phi) is 7.83. The third-order valence-electron chi connectivity index (χ3n) is 4.72. The number of esters is 1. The molecule has 0 bridgehead atoms. The van der Waals surface area contributed by atoms with Crippen molar-refractivity contribution in [3.8, 4) is 0 Å². The number of carbonyl (C=O) groups is 3. The standard InChI is InChI=1S/C23H25N3O4S/c1-3-30-22(29)17-9-11-18(12-10-17)25-23-26(2)20(27)15-19(31-23)21(28)24-14-13-16-7-5-4-6-8-16/h4-12,19H,3,13-15H2,1-2H3,(H,24,28)/t19-/m1/s1. The number of nitrogens with one attached hydrogen (secondary N) is 1. The van der Waals surface area contributed by atoms with Gasteiger partial charge in [0.15, 0.2) is 5.17 Å². The zero-order valence-corrected chi connectivity index (χ0v) is 18.4. The van der Waals surface area contributed by atoms with Crippen LogP contribution in [-0.4, -0.2) is 53.3 Å². The number of thioether (sulfide) groups is 1. The molecule has 31 heavy (non-hydrogen) atoms. The summed E-state index contributed by atoms with van der Waals surface area (Å²) in [6, 6.07) is 16.5. The molecule has 0 spiro atoms. The molecule has 1 aliphatic rings. The van der Waals surface area contributed by atoms with E-state index in [9.17, 15) is 14.4 Å². The molecule has 1 aliphatic heterocycles. The highest BCUT2D eigenvalue weighted by Gasteiger charge is 2.33. The molecule has 2 aromatic carbocycles. The molecule has 1 saturated heterocycles. The summed E-state index contributed by atoms with van der Waals surface area (Å²) in [6.07, 6.45) is 0.852. The molecule has 0 saturated carbocycles. The maximum atomic E-state index is 12.6. The van der Waals surface area contributed by atoms with Gasteiger partial charge in [-0.3, -0.25) is 14.5 Å². The van der Waals surface area contributed by atoms with Crippen LogP contribution in [0.25, 0.3) is 0 Å². The number of amides is 2. The molecule has 0 radical (unpaired) electrons. The van der Waals surface area contributed by atoms with Gasteiger partial charge >= 0.3 is 5.97 Å². The van der Waals surface area contributed by atoms with Gasteiger partial charge in [-0.25, -0.2) is 9.79 Å². The summed E-state index contributed by atoms with van der Waals surface area (Å²) in [6.45, 7) is 2.56. The van der Waals surface area contributed by atoms with Crippen LogP contribution in [-0.2, 0) is 20.7 Å². The molecule has 0 aromatic heterocycles. The Hall–Kier alpha value is -3.13. The van der Waals surface area contributed by atoms with E-state index in [-0.39, 0.29) is 18.2 Å². The highest BCUT2D eigenvalue weighted by Crippen LogP contribution is 2.28. The second-order valence-corrected chi connectivity index (χ2v) is 8.12. The van der Waals surface area contributed by atoms with Crippen LogP contribution in [0.5, 0.6) is 0 Å². The summed E-state index contributed by atoms with van der Waals surface area (Å²) < 4.78 is 4.97. The molecule has 162 valence electrons. The third-order valence-corrected chi connectivity index (χ3v) is 5.96. The second-order valence-electron chi connectivity index (χ2n) is 6.95. The van der Waals surface area contributed by atoms with Crippen molar-refractivity contribution in [1.29, 1.82) is 0 Å². The van der Waals surface area contributed by atoms with E-state index in [0.717, 1.165) is 12.0 Å². The topological polar surface area (TPSA) is 88.1 Å². The number of ether oxygens (including phenoxy) is 1. The van der Waals surface area contributed by atoms with Gasteiger partial charge in [-0.05, 0) is 43.2 Å². The molecule has 1 N–H and O–H groups in total. The number of nitrogens with zero attached hydrogens (tertiary/aromatic N) is 2. The van der Waals surface area contributed by atoms with Crippen LogP contribution in [0, 0.1) is 0 Å². The average Bonchev–Trinajstić information content (AvgIpc) is 2.78. The van der Waals surface area contributed by atoms with E-state index < -0.39 is 11.2 Å². The highest BCUT2D eigenvalue weighted by molar-refractivity contribution is 8.15. The summed E-state index contributed by atoms with van der Waals surface area (Å²) in [5.74, 6) is -0.732. The first kappa shape index (κ1) is 22.6. The summed E-state index contributed by atoms with van der Waals surface area (Å²) in [5.41, 5.74) is 2.16. The number of carbonyl (C=O) groups excluding carboxylic acids is 3. The molecule has 1 fully saturated rings. The molecule has 8 heteroatoms. The van der Waals surface area contributed by atoms with Crippen LogP contribution in [0.15, 0.2) is 59.6 Å². The molecule has 1 heterocycles. The van der Waals surface area contributed by atoms with E-state index >= 15 is 0 Å². The molecular weight excluding hydrogens is 414 g/mol. The van der Waals surface area contributed by atoms with Crippen LogP contribution in [0.4, 0.5) is 5.69 Å². The Morgan fingerprint density at radius 2 is 1.87 bits per heavy atom. The SMILES string of the molecule is CCOC(=O)c1ccc(N=C2S[C@@H](C(=O)NCCc3ccccc3)CC(=O)N2C)cc1. The minimum absolute atomic E-state index is 0.124. The van der Waals surface area contributed by atoms with Gasteiger partial charge in [-0.15, -0.1) is 0 Å². The number of amidine groups is 1. The van der Waals surface area contributed by atoms with Gasteiger partial charge in [0.1, 0.15) is 0 Å². The van der Waals surface area contributed by atoms with Gasteiger partial charge in [0.05, 0.1) is 23.1 Å². The maximum absolute atomic E-state index is 12.6. The predicted molar refractivity (Wildman–Crippen MR) is 121 cm³/mol. The smallest absolute Gasteiger partial charge is 0.338 e. The van der Waals surface area contributed by atoms with Crippen LogP contribution >= 0.6 is 11.8 Å². The van der Waals surface area contributed by atoms with Crippen molar-refractivity contribution < 1.29 is 19.1 Å². The fraction of sp³-hybridized carbons (Fsp3) is 0.304. The fourth-order valence-electron chi connectivity index (χ4n) is 2.98. The largest absolute Gasteiger partial charge is 0.462 e. The van der Waals surface area contributed by atoms with Gasteiger partial charge in [-0.2, -0.15) is 0 Å². The monoisotopic (exact) mass is 439 g/mol. The first-order chi connectivity index (χ1) is 15.0. The number of aliphatic imine (C=N–C) groups is 1. The highest BCUT2D eigenvalue weighted by atomic mass is 32.2. The zero-order chi connectivity index (χ0) is 22.2. The molecule has 1 atom stereocenters. The van der Waals surface area contributed by atoms with Crippen LogP contribution in [0.3, 0.4) is 0 Å². The van der Waals surface area contributed by atoms with E-state index in [2.05, 4.69) is 10.3 Å². The van der Waals surface area contributed by atoms with Crippen molar-refractivity contribution in [3.63, 3.8) is 0 Å². The van der Waals surface area contributed by atoms with Gasteiger partial charge < -0.3 is 10.1 Å². The van der Waals surface area contributed by atoms with Crippen molar-refractivity contribution in [2.75, 3.05) is 20.2 Å². The van der Waals surface area contributed by atoms with E-state index in [1.54, 1.807) is 38.2 Å². The predicted octanol–water partition coefficient (Wildman–Crippen LogP) is 3.17. The molecular formula is C23H25N3O4S. The minimum Gasteiger partial charge on any atom is -0.462 e. The van der Waals surface area contributed by atoms with Gasteiger partial charge in [0.25, 0.3) is 0 Å². The first-order valence-electron chi connectivity index (χ1n) is 10.1. The second kappa shape index (κ2) is 10.8. The molecule has 2 amide bonds. The normalized spacial score (nSPS) is 17.5. The minimum atomic E-state index is -0.531. The molecule has 2 aromatic rings. The molecule has 3 rings (SSSR count). The van der Waals surface area contributed by atoms with Gasteiger partial charge in [0.2, 0.25) is 11.8 Å². The van der Waals surface area contributed by atoms with Gasteiger partial charge in [0, 0.05) is 20.0 Å². The Morgan fingerprint density at radius 3 is 2.55 bits per heavy atom. The lowest BCUT2D eigenvalue weighted by molar-refractivity contribution is -0.129. The van der Waals surface area contributed by atoms with Crippen LogP contribution in [0.2, 0.25) is 0 Å². The number of rotatable bonds is 7. The van der Waals surface area contributed by atoms with Crippen molar-refractivity contribution in [3.05, 3.63) is 65.7 Å². The summed E-state index contributed by atoms with van der Waals surface area (Å²) in [4.78, 5) is 42.8. The van der Waals surface area contributed by atoms with Crippen LogP contribution in [0.1, 0.15) is 29.3 Å². The first-order valence-corrected chi connectivity index (χ1v) is 11.0. The summed E-state index contributed by atoms with van der Waals surface area (Å²) in [7, 11) is 1.64. The Labute approximate surface area is 185 Å². The van der Waals surface area contributed by atoms with Crippen molar-refractivity contribution >= 4 is 40.4 Å². The Morgan fingerprint density at radius 1 is 1.16 bits per heavy atom. The molecule has 7 nitrogen and oxygen atoms in total. The summed E-state index contributed by atoms with van der Waals surface area (Å²) >= 11 is 1.26. The zero-order valence-electron chi connectivity index (χ0n) is 17.5. The number of hydrogen-bond acceptors (Lipinski definition) is 6. The summed E-state index contributed by atoms with van der Waals surface area (Å²) in [5, 5.41) is 2.83. The lowest BCUT2D eigenvalue weighted by atomic mass is 10.1. The quantitative estimate of drug-likeness (QED) is 0.670. The average molecular weight is 440 g/mol. The lowest BCUT2D eigenvalue weighted by Crippen LogP contribution is -2.45. The maximum Gasteiger partial charge on any atom is 0.338 e. The van der Waals surface area contributed by atoms with Crippen molar-refractivity contribution in [1.82, 2.24) is 10.2 Å². The molecule has 0 unspecified atom stereocenters. The number of benzene rings is 2. The van der Waals surface area contributed by atoms with E-state index in [1.807, 2.05) is 30.3 Å². The third kappa shape index (κ3) is 6.18. The van der Waals surface area contributed by atoms with Crippen molar-refractivity contribution in [2.45, 2.75) is 25.0 Å². The van der Waals surface area contributed by atoms with Gasteiger partial charge in [-0.1, -0.05) is 42.1 Å². The van der Waals surface area contributed by atoms with Crippen molar-refractivity contribution in [2.24, 2.45) is 4.99 Å². The lowest BCUT2D eigenvalue weighted by Gasteiger charge is -2.28. The number of hydrogen-bond donors (Lipinski definition) is 1. The van der Waals surface area contributed by atoms with Crippen LogP contribution < -0.4 is 5.32 Å². The van der Waals surface area contributed by atoms with E-state index in [4.69, 9.17) is 4.74 Å². The molecule has 0 aliphatic carbocycles. The van der Waals surface area contributed by atoms with E-state index in [1.165, 1.54) is 16.7 Å². The Bertz CT molecular complexity index is 961. The fourth-order valence-corrected chi connectivity index (χ4v) is 4.07. The van der Waals surface area contributed by atoms with E-state index in [0.29, 0.717) is 29.6 Å².